The van der Waals surface area contributed by atoms with Gasteiger partial charge < -0.3 is 9.97 Å². The molecule has 0 amide bonds. The molecule has 0 aliphatic carbocycles. The fourth-order valence-electron chi connectivity index (χ4n) is 10.7. The van der Waals surface area contributed by atoms with Crippen molar-refractivity contribution in [1.82, 2.24) is 59.8 Å². The van der Waals surface area contributed by atoms with Gasteiger partial charge in [0.15, 0.2) is 0 Å². The molecule has 11 heterocycles. The fraction of sp³-hybridized carbons (Fsp3) is 0.110. The van der Waals surface area contributed by atoms with Gasteiger partial charge in [0.25, 0.3) is 0 Å². The Kier molecular flexibility index (Phi) is 25.8. The Hall–Kier alpha value is -9.65. The first-order valence-corrected chi connectivity index (χ1v) is 37.2. The predicted molar refractivity (Wildman–Crippen MR) is 374 cm³/mol. The topological polar surface area (TPSA) is 156 Å². The summed E-state index contributed by atoms with van der Waals surface area (Å²) in [7, 11) is -32.0. The van der Waals surface area contributed by atoms with E-state index in [0.717, 1.165) is 90.8 Å². The molecule has 2 radical (unpaired) electrons. The number of nitrogens with zero attached hydrogens (tertiary/aromatic N) is 12. The van der Waals surface area contributed by atoms with Crippen LogP contribution in [0.15, 0.2) is 299 Å². The van der Waals surface area contributed by atoms with Crippen molar-refractivity contribution in [2.75, 3.05) is 0 Å². The van der Waals surface area contributed by atoms with Crippen LogP contribution in [0.3, 0.4) is 0 Å². The van der Waals surface area contributed by atoms with Gasteiger partial charge in [0.2, 0.25) is 0 Å². The van der Waals surface area contributed by atoms with Gasteiger partial charge in [-0.3, -0.25) is 49.8 Å². The largest absolute Gasteiger partial charge is 0.443 e. The summed E-state index contributed by atoms with van der Waals surface area (Å²) in [6.45, 7) is 8.51. The quantitative estimate of drug-likeness (QED) is 0.0751. The van der Waals surface area contributed by atoms with E-state index in [0.29, 0.717) is 0 Å². The van der Waals surface area contributed by atoms with Gasteiger partial charge in [0.05, 0.1) is 90.0 Å². The molecule has 0 N–H and O–H groups in total. The Labute approximate surface area is 631 Å². The van der Waals surface area contributed by atoms with Crippen molar-refractivity contribution in [1.29, 1.82) is 0 Å². The number of halogens is 18. The van der Waals surface area contributed by atoms with E-state index in [9.17, 15) is 75.5 Å². The molecule has 0 aliphatic rings. The number of benzene rings is 2. The minimum atomic E-state index is -10.7. The van der Waals surface area contributed by atoms with Crippen LogP contribution in [0.25, 0.3) is 22.5 Å². The standard InChI is InChI=1S/2C29H25N5.C15H11N2.3F6P.2V/c2*1-28(22-12-3-7-18-30-22,23-13-4-8-19-31-23)26-16-11-17-27(34-26)29(2,24-14-5-9-20-32-24)25-15-6-10-21-33-25;1-3-7-12(8-4-1)14-15(17-11-16-14)13-9-5-2-6-10-13;3*1-7(2,3,4,5)6;;/h2*3-21H,1-2H3;1-11H;;;;;/q;;4*-1;;. The van der Waals surface area contributed by atoms with Gasteiger partial charge in [-0.1, -0.05) is 128 Å². The van der Waals surface area contributed by atoms with Gasteiger partial charge in [-0.25, -0.2) is 0 Å². The van der Waals surface area contributed by atoms with Crippen LogP contribution in [0.1, 0.15) is 96.0 Å². The molecule has 13 aromatic rings. The molecular formula is C73H61F18N12P3V2-4. The molecule has 0 aliphatic heterocycles. The van der Waals surface area contributed by atoms with Gasteiger partial charge in [0.1, 0.15) is 0 Å². The van der Waals surface area contributed by atoms with Crippen LogP contribution in [-0.2, 0) is 58.8 Å². The van der Waals surface area contributed by atoms with Crippen LogP contribution >= 0.6 is 23.4 Å². The van der Waals surface area contributed by atoms with Crippen LogP contribution in [0.4, 0.5) is 75.5 Å². The molecule has 13 rings (SSSR count). The minimum Gasteiger partial charge on any atom is -0.443 e. The molecule has 568 valence electrons. The smallest absolute Gasteiger partial charge is 0 e. The zero-order valence-corrected chi connectivity index (χ0v) is 62.2. The Bertz CT molecular complexity index is 4240. The molecule has 0 spiro atoms. The average Bonchev–Trinajstić information content (AvgIpc) is 0.779. The molecule has 11 aromatic heterocycles. The first kappa shape index (κ1) is 87.3. The Balaban J connectivity index is 0.000000228. The zero-order chi connectivity index (χ0) is 77.6. The molecule has 0 saturated heterocycles. The van der Waals surface area contributed by atoms with Gasteiger partial charge in [-0.05, 0) is 172 Å². The Morgan fingerprint density at radius 2 is 0.398 bits per heavy atom. The third-order valence-electron chi connectivity index (χ3n) is 15.7. The van der Waals surface area contributed by atoms with E-state index in [4.69, 9.17) is 49.8 Å². The summed E-state index contributed by atoms with van der Waals surface area (Å²) in [5, 5.41) is 0. The Morgan fingerprint density at radius 1 is 0.222 bits per heavy atom. The number of aromatic nitrogens is 12. The van der Waals surface area contributed by atoms with Crippen LogP contribution < -0.4 is 4.98 Å². The van der Waals surface area contributed by atoms with Crippen molar-refractivity contribution < 1.29 is 113 Å². The van der Waals surface area contributed by atoms with Crippen molar-refractivity contribution in [2.24, 2.45) is 0 Å². The summed E-state index contributed by atoms with van der Waals surface area (Å²) >= 11 is 0. The van der Waals surface area contributed by atoms with E-state index >= 15 is 0 Å². The third kappa shape index (κ3) is 26.9. The van der Waals surface area contributed by atoms with E-state index in [1.54, 1.807) is 6.33 Å². The van der Waals surface area contributed by atoms with Crippen molar-refractivity contribution >= 4 is 23.4 Å². The molecule has 2 aromatic carbocycles. The first-order chi connectivity index (χ1) is 49.1. The predicted octanol–water partition coefficient (Wildman–Crippen LogP) is 24.3. The maximum Gasteiger partial charge on any atom is 0 e. The molecular weight excluding hydrogens is 1580 g/mol. The van der Waals surface area contributed by atoms with Crippen LogP contribution in [0.5, 0.6) is 0 Å². The molecule has 0 fully saturated rings. The summed E-state index contributed by atoms with van der Waals surface area (Å²) in [5.74, 6) is 0. The van der Waals surface area contributed by atoms with E-state index in [1.165, 1.54) is 0 Å². The second-order valence-corrected chi connectivity index (χ2v) is 29.5. The molecule has 35 heteroatoms. The third-order valence-corrected chi connectivity index (χ3v) is 15.7. The normalized spacial score (nSPS) is 13.6. The molecule has 0 bridgehead atoms. The van der Waals surface area contributed by atoms with Gasteiger partial charge in [-0.15, -0.1) is 0 Å². The van der Waals surface area contributed by atoms with Gasteiger partial charge in [0, 0.05) is 86.7 Å². The van der Waals surface area contributed by atoms with Crippen molar-refractivity contribution in [2.45, 2.75) is 49.4 Å². The number of pyridine rings is 10. The monoisotopic (exact) mass is 1640 g/mol. The maximum absolute atomic E-state index is 10.7. The number of hydrogen-bond acceptors (Lipinski definition) is 11. The maximum atomic E-state index is 9.87. The van der Waals surface area contributed by atoms with Gasteiger partial charge >= 0.3 is 99.0 Å². The molecule has 0 unspecified atom stereocenters. The molecule has 108 heavy (non-hydrogen) atoms. The van der Waals surface area contributed by atoms with Gasteiger partial charge in [-0.2, -0.15) is 0 Å². The van der Waals surface area contributed by atoms with Crippen LogP contribution in [0.2, 0.25) is 0 Å². The Morgan fingerprint density at radius 3 is 0.583 bits per heavy atom. The van der Waals surface area contributed by atoms with E-state index in [1.807, 2.05) is 268 Å². The summed E-state index contributed by atoms with van der Waals surface area (Å²) < 4.78 is 178. The summed E-state index contributed by atoms with van der Waals surface area (Å²) in [5.41, 5.74) is 12.0. The second-order valence-electron chi connectivity index (χ2n) is 23.7. The van der Waals surface area contributed by atoms with E-state index in [-0.39, 0.29) is 37.1 Å². The number of hydrogen-bond donors (Lipinski definition) is 0. The second kappa shape index (κ2) is 31.9. The van der Waals surface area contributed by atoms with Crippen LogP contribution in [0, 0.1) is 0 Å². The number of rotatable bonds is 14. The van der Waals surface area contributed by atoms with Crippen molar-refractivity contribution in [3.05, 3.63) is 367 Å². The van der Waals surface area contributed by atoms with Crippen LogP contribution in [-0.4, -0.2) is 54.8 Å². The fourth-order valence-corrected chi connectivity index (χ4v) is 10.7. The minimum absolute atomic E-state index is 0. The zero-order valence-electron chi connectivity index (χ0n) is 56.7. The summed E-state index contributed by atoms with van der Waals surface area (Å²) in [6.07, 6.45) is 16.1. The first-order valence-electron chi connectivity index (χ1n) is 31.1. The molecule has 12 nitrogen and oxygen atoms in total. The van der Waals surface area contributed by atoms with E-state index < -0.39 is 45.1 Å². The SMILES string of the molecule is CC(c1ccccn1)(c1ccccn1)c1cccc(C(C)(c2ccccn2)c2ccccn2)n1.CC(c1ccccn1)(c1ccccn1)c1cccc(C(C)(c2ccccn2)c2ccccn2)n1.F[P-](F)(F)(F)(F)F.F[P-](F)(F)(F)(F)F.F[P-](F)(F)(F)(F)F.[V].[V].c1ccc(-c2nc[n-]c2-c2ccccc2)cc1. The summed E-state index contributed by atoms with van der Waals surface area (Å²) in [4.78, 5) is 56.9. The van der Waals surface area contributed by atoms with Crippen molar-refractivity contribution in [3.8, 4) is 22.5 Å². The molecule has 0 saturated carbocycles. The van der Waals surface area contributed by atoms with E-state index in [2.05, 4.69) is 61.9 Å². The average molecular weight is 1640 g/mol. The number of imidazole rings is 1. The summed E-state index contributed by atoms with van der Waals surface area (Å²) in [6, 6.07) is 80.1. The van der Waals surface area contributed by atoms with Crippen molar-refractivity contribution in [3.63, 3.8) is 0 Å². The molecule has 0 atom stereocenters.